The SMILES string of the molecule is O=S(CCN1CCN(Cc2ccc(Cl)cc2)CC1)C(c1ccc(F)cc1)c1ccc(F)cc1. The Bertz CT molecular complexity index is 1010. The van der Waals surface area contributed by atoms with Gasteiger partial charge in [0.05, 0.1) is 5.25 Å². The molecule has 174 valence electrons. The lowest BCUT2D eigenvalue weighted by Crippen LogP contribution is -2.47. The van der Waals surface area contributed by atoms with E-state index in [9.17, 15) is 13.0 Å². The van der Waals surface area contributed by atoms with Crippen molar-refractivity contribution >= 4 is 22.4 Å². The van der Waals surface area contributed by atoms with Gasteiger partial charge in [0.1, 0.15) is 11.6 Å². The van der Waals surface area contributed by atoms with Crippen LogP contribution in [0.1, 0.15) is 21.9 Å². The summed E-state index contributed by atoms with van der Waals surface area (Å²) in [6.45, 7) is 5.36. The molecule has 0 aromatic heterocycles. The van der Waals surface area contributed by atoms with Gasteiger partial charge in [-0.1, -0.05) is 48.0 Å². The fourth-order valence-electron chi connectivity index (χ4n) is 4.13. The molecule has 0 aliphatic carbocycles. The monoisotopic (exact) mass is 488 g/mol. The lowest BCUT2D eigenvalue weighted by Gasteiger charge is -2.34. The van der Waals surface area contributed by atoms with Crippen molar-refractivity contribution in [1.82, 2.24) is 9.80 Å². The first-order valence-electron chi connectivity index (χ1n) is 11.1. The maximum absolute atomic E-state index is 13.4. The molecule has 1 saturated heterocycles. The Balaban J connectivity index is 1.34. The van der Waals surface area contributed by atoms with Crippen LogP contribution in [0.5, 0.6) is 0 Å². The van der Waals surface area contributed by atoms with Gasteiger partial charge in [-0.05, 0) is 53.1 Å². The van der Waals surface area contributed by atoms with Crippen LogP contribution in [-0.4, -0.2) is 52.5 Å². The second-order valence-electron chi connectivity index (χ2n) is 8.31. The zero-order chi connectivity index (χ0) is 23.2. The average Bonchev–Trinajstić information content (AvgIpc) is 2.83. The van der Waals surface area contributed by atoms with Crippen LogP contribution in [0.3, 0.4) is 0 Å². The summed E-state index contributed by atoms with van der Waals surface area (Å²) >= 11 is 5.97. The molecule has 0 amide bonds. The fourth-order valence-corrected chi connectivity index (χ4v) is 5.85. The molecule has 1 fully saturated rings. The molecule has 1 heterocycles. The Morgan fingerprint density at radius 3 is 1.76 bits per heavy atom. The molecule has 1 aliphatic heterocycles. The van der Waals surface area contributed by atoms with E-state index in [1.54, 1.807) is 24.3 Å². The zero-order valence-electron chi connectivity index (χ0n) is 18.3. The number of hydrogen-bond acceptors (Lipinski definition) is 3. The molecule has 4 rings (SSSR count). The van der Waals surface area contributed by atoms with Crippen molar-refractivity contribution in [3.8, 4) is 0 Å². The van der Waals surface area contributed by atoms with Crippen molar-refractivity contribution in [3.05, 3.63) is 106 Å². The van der Waals surface area contributed by atoms with Crippen LogP contribution in [0.2, 0.25) is 5.02 Å². The summed E-state index contributed by atoms with van der Waals surface area (Å²) in [5.74, 6) is -0.172. The van der Waals surface area contributed by atoms with Gasteiger partial charge in [0.15, 0.2) is 0 Å². The molecule has 0 bridgehead atoms. The first kappa shape index (κ1) is 24.0. The van der Waals surface area contributed by atoms with Gasteiger partial charge < -0.3 is 0 Å². The molecule has 3 aromatic rings. The lowest BCUT2D eigenvalue weighted by atomic mass is 10.0. The molecule has 33 heavy (non-hydrogen) atoms. The molecule has 3 nitrogen and oxygen atoms in total. The first-order chi connectivity index (χ1) is 16.0. The van der Waals surface area contributed by atoms with Crippen molar-refractivity contribution in [1.29, 1.82) is 0 Å². The van der Waals surface area contributed by atoms with Gasteiger partial charge in [0.25, 0.3) is 0 Å². The van der Waals surface area contributed by atoms with E-state index < -0.39 is 16.0 Å². The molecular weight excluding hydrogens is 462 g/mol. The number of hydrogen-bond donors (Lipinski definition) is 0. The van der Waals surface area contributed by atoms with Gasteiger partial charge in [-0.2, -0.15) is 0 Å². The normalized spacial score (nSPS) is 16.2. The summed E-state index contributed by atoms with van der Waals surface area (Å²) in [7, 11) is -1.23. The standard InChI is InChI=1S/C26H27ClF2N2OS/c27-23-7-1-20(2-8-23)19-31-15-13-30(14-16-31)17-18-33(32)26(21-3-9-24(28)10-4-21)22-5-11-25(29)12-6-22/h1-12,26H,13-19H2. The summed E-state index contributed by atoms with van der Waals surface area (Å²) in [5, 5.41) is 0.327. The first-order valence-corrected chi connectivity index (χ1v) is 12.8. The van der Waals surface area contributed by atoms with Crippen LogP contribution in [0.15, 0.2) is 72.8 Å². The Morgan fingerprint density at radius 1 is 0.758 bits per heavy atom. The van der Waals surface area contributed by atoms with Gasteiger partial charge >= 0.3 is 0 Å². The van der Waals surface area contributed by atoms with Gasteiger partial charge in [0.2, 0.25) is 0 Å². The minimum Gasteiger partial charge on any atom is -0.300 e. The summed E-state index contributed by atoms with van der Waals surface area (Å²) in [4.78, 5) is 4.75. The fraction of sp³-hybridized carbons (Fsp3) is 0.308. The molecule has 1 aliphatic rings. The van der Waals surface area contributed by atoms with Gasteiger partial charge in [-0.25, -0.2) is 8.78 Å². The third-order valence-corrected chi connectivity index (χ3v) is 7.91. The number of halogens is 3. The molecule has 7 heteroatoms. The lowest BCUT2D eigenvalue weighted by molar-refractivity contribution is 0.132. The highest BCUT2D eigenvalue weighted by Gasteiger charge is 2.23. The average molecular weight is 489 g/mol. The second kappa shape index (κ2) is 11.3. The topological polar surface area (TPSA) is 23.6 Å². The molecule has 0 radical (unpaired) electrons. The van der Waals surface area contributed by atoms with E-state index in [4.69, 9.17) is 11.6 Å². The maximum Gasteiger partial charge on any atom is 0.123 e. The predicted molar refractivity (Wildman–Crippen MR) is 131 cm³/mol. The third-order valence-electron chi connectivity index (χ3n) is 6.00. The summed E-state index contributed by atoms with van der Waals surface area (Å²) in [5.41, 5.74) is 2.79. The largest absolute Gasteiger partial charge is 0.300 e. The molecule has 0 spiro atoms. The Hall–Kier alpha value is -2.12. The van der Waals surface area contributed by atoms with Gasteiger partial charge in [0, 0.05) is 60.8 Å². The summed E-state index contributed by atoms with van der Waals surface area (Å²) in [6.07, 6.45) is 0. The Morgan fingerprint density at radius 2 is 1.24 bits per heavy atom. The van der Waals surface area contributed by atoms with E-state index in [2.05, 4.69) is 21.9 Å². The molecule has 0 N–H and O–H groups in total. The Labute approximate surface area is 201 Å². The van der Waals surface area contributed by atoms with E-state index in [1.165, 1.54) is 29.8 Å². The highest BCUT2D eigenvalue weighted by molar-refractivity contribution is 7.85. The highest BCUT2D eigenvalue weighted by atomic mass is 35.5. The minimum atomic E-state index is -1.23. The zero-order valence-corrected chi connectivity index (χ0v) is 19.9. The second-order valence-corrected chi connectivity index (χ2v) is 10.4. The van der Waals surface area contributed by atoms with Crippen LogP contribution in [0.25, 0.3) is 0 Å². The number of rotatable bonds is 8. The molecule has 3 aromatic carbocycles. The van der Waals surface area contributed by atoms with Crippen molar-refractivity contribution < 1.29 is 13.0 Å². The molecule has 1 atom stereocenters. The van der Waals surface area contributed by atoms with E-state index in [-0.39, 0.29) is 11.6 Å². The van der Waals surface area contributed by atoms with Crippen LogP contribution in [0, 0.1) is 11.6 Å². The van der Waals surface area contributed by atoms with Crippen LogP contribution >= 0.6 is 11.6 Å². The van der Waals surface area contributed by atoms with Crippen LogP contribution < -0.4 is 0 Å². The quantitative estimate of drug-likeness (QED) is 0.431. The Kier molecular flexibility index (Phi) is 8.25. The number of piperazine rings is 1. The predicted octanol–water partition coefficient (Wildman–Crippen LogP) is 5.27. The van der Waals surface area contributed by atoms with E-state index >= 15 is 0 Å². The number of benzene rings is 3. The molecular formula is C26H27ClF2N2OS. The molecule has 1 unspecified atom stereocenters. The third kappa shape index (κ3) is 6.70. The van der Waals surface area contributed by atoms with E-state index in [0.717, 1.165) is 55.4 Å². The highest BCUT2D eigenvalue weighted by Crippen LogP contribution is 2.29. The van der Waals surface area contributed by atoms with Crippen molar-refractivity contribution in [2.75, 3.05) is 38.5 Å². The van der Waals surface area contributed by atoms with E-state index in [1.807, 2.05) is 12.1 Å². The van der Waals surface area contributed by atoms with Crippen LogP contribution in [0.4, 0.5) is 8.78 Å². The number of nitrogens with zero attached hydrogens (tertiary/aromatic N) is 2. The van der Waals surface area contributed by atoms with E-state index in [0.29, 0.717) is 5.75 Å². The maximum atomic E-state index is 13.4. The van der Waals surface area contributed by atoms with Gasteiger partial charge in [-0.15, -0.1) is 0 Å². The summed E-state index contributed by atoms with van der Waals surface area (Å²) < 4.78 is 40.3. The van der Waals surface area contributed by atoms with Crippen molar-refractivity contribution in [2.24, 2.45) is 0 Å². The molecule has 0 saturated carbocycles. The van der Waals surface area contributed by atoms with Crippen LogP contribution in [-0.2, 0) is 17.3 Å². The minimum absolute atomic E-state index is 0.334. The smallest absolute Gasteiger partial charge is 0.123 e. The van der Waals surface area contributed by atoms with Crippen molar-refractivity contribution in [3.63, 3.8) is 0 Å². The van der Waals surface area contributed by atoms with Crippen molar-refractivity contribution in [2.45, 2.75) is 11.8 Å². The van der Waals surface area contributed by atoms with Gasteiger partial charge in [-0.3, -0.25) is 14.0 Å². The summed E-state index contributed by atoms with van der Waals surface area (Å²) in [6, 6.07) is 20.1.